The van der Waals surface area contributed by atoms with Gasteiger partial charge in [0.15, 0.2) is 0 Å². The van der Waals surface area contributed by atoms with Crippen LogP contribution in [0.25, 0.3) is 10.9 Å². The molecular formula is C23H31N5O. The predicted molar refractivity (Wildman–Crippen MR) is 122 cm³/mol. The minimum absolute atomic E-state index is 0.161. The summed E-state index contributed by atoms with van der Waals surface area (Å²) in [4.78, 5) is 19.7. The SMILES string of the molecule is CC(C)Nc1cccnc1NCCC(C=O)C(C)(C)Nc1cc2ccccc2[nH]1. The molecule has 1 atom stereocenters. The number of fused-ring (bicyclic) bond motifs is 1. The van der Waals surface area contributed by atoms with Gasteiger partial charge in [-0.15, -0.1) is 0 Å². The summed E-state index contributed by atoms with van der Waals surface area (Å²) in [6.07, 6.45) is 3.51. The summed E-state index contributed by atoms with van der Waals surface area (Å²) in [7, 11) is 0. The van der Waals surface area contributed by atoms with Crippen molar-refractivity contribution in [1.82, 2.24) is 9.97 Å². The van der Waals surface area contributed by atoms with Crippen LogP contribution < -0.4 is 16.0 Å². The largest absolute Gasteiger partial charge is 0.380 e. The molecule has 154 valence electrons. The van der Waals surface area contributed by atoms with E-state index < -0.39 is 5.54 Å². The summed E-state index contributed by atoms with van der Waals surface area (Å²) < 4.78 is 0. The molecule has 2 heterocycles. The molecule has 0 spiro atoms. The van der Waals surface area contributed by atoms with Gasteiger partial charge in [-0.2, -0.15) is 0 Å². The van der Waals surface area contributed by atoms with Crippen LogP contribution in [0.15, 0.2) is 48.7 Å². The molecule has 0 radical (unpaired) electrons. The van der Waals surface area contributed by atoms with Gasteiger partial charge >= 0.3 is 0 Å². The average molecular weight is 394 g/mol. The summed E-state index contributed by atoms with van der Waals surface area (Å²) in [5, 5.41) is 11.4. The second-order valence-electron chi connectivity index (χ2n) is 8.27. The number of hydrogen-bond acceptors (Lipinski definition) is 5. The number of benzene rings is 1. The molecule has 0 saturated carbocycles. The zero-order chi connectivity index (χ0) is 20.9. The van der Waals surface area contributed by atoms with Crippen molar-refractivity contribution in [3.63, 3.8) is 0 Å². The van der Waals surface area contributed by atoms with Crippen LogP contribution in [0, 0.1) is 5.92 Å². The Morgan fingerprint density at radius 1 is 1.17 bits per heavy atom. The van der Waals surface area contributed by atoms with E-state index in [0.29, 0.717) is 19.0 Å². The average Bonchev–Trinajstić information content (AvgIpc) is 3.07. The Hall–Kier alpha value is -3.02. The number of H-pyrrole nitrogens is 1. The smallest absolute Gasteiger partial charge is 0.149 e. The maximum Gasteiger partial charge on any atom is 0.149 e. The number of rotatable bonds is 10. The van der Waals surface area contributed by atoms with Gasteiger partial charge in [0.1, 0.15) is 17.9 Å². The van der Waals surface area contributed by atoms with Gasteiger partial charge in [-0.05, 0) is 58.4 Å². The molecule has 4 N–H and O–H groups in total. The van der Waals surface area contributed by atoms with E-state index in [0.717, 1.165) is 34.5 Å². The fourth-order valence-corrected chi connectivity index (χ4v) is 3.50. The van der Waals surface area contributed by atoms with E-state index in [1.165, 1.54) is 0 Å². The van der Waals surface area contributed by atoms with Gasteiger partial charge in [-0.1, -0.05) is 18.2 Å². The number of aldehydes is 1. The number of nitrogens with zero attached hydrogens (tertiary/aromatic N) is 1. The predicted octanol–water partition coefficient (Wildman–Crippen LogP) is 4.89. The Labute approximate surface area is 172 Å². The molecule has 6 heteroatoms. The number of pyridine rings is 1. The molecule has 0 saturated heterocycles. The highest BCUT2D eigenvalue weighted by Gasteiger charge is 2.29. The first-order chi connectivity index (χ1) is 13.9. The Kier molecular flexibility index (Phi) is 6.42. The van der Waals surface area contributed by atoms with Gasteiger partial charge in [-0.3, -0.25) is 0 Å². The molecule has 0 amide bonds. The fourth-order valence-electron chi connectivity index (χ4n) is 3.50. The van der Waals surface area contributed by atoms with E-state index in [1.54, 1.807) is 6.20 Å². The summed E-state index contributed by atoms with van der Waals surface area (Å²) in [6, 6.07) is 14.5. The summed E-state index contributed by atoms with van der Waals surface area (Å²) >= 11 is 0. The number of nitrogens with one attached hydrogen (secondary N) is 4. The molecule has 29 heavy (non-hydrogen) atoms. The van der Waals surface area contributed by atoms with E-state index in [4.69, 9.17) is 0 Å². The summed E-state index contributed by atoms with van der Waals surface area (Å²) in [5.41, 5.74) is 1.66. The molecule has 3 rings (SSSR count). The maximum atomic E-state index is 11.9. The molecule has 0 aliphatic rings. The van der Waals surface area contributed by atoms with Gasteiger partial charge in [0, 0.05) is 41.1 Å². The van der Waals surface area contributed by atoms with Crippen molar-refractivity contribution < 1.29 is 4.79 Å². The van der Waals surface area contributed by atoms with Gasteiger partial charge in [0.25, 0.3) is 0 Å². The molecule has 1 aromatic carbocycles. The minimum Gasteiger partial charge on any atom is -0.380 e. The number of carbonyl (C=O) groups is 1. The topological polar surface area (TPSA) is 81.8 Å². The number of aromatic amines is 1. The third kappa shape index (κ3) is 5.28. The van der Waals surface area contributed by atoms with Crippen LogP contribution in [0.4, 0.5) is 17.3 Å². The highest BCUT2D eigenvalue weighted by Crippen LogP contribution is 2.27. The van der Waals surface area contributed by atoms with Crippen molar-refractivity contribution in [3.05, 3.63) is 48.7 Å². The van der Waals surface area contributed by atoms with E-state index in [2.05, 4.69) is 65.7 Å². The highest BCUT2D eigenvalue weighted by molar-refractivity contribution is 5.84. The minimum atomic E-state index is -0.395. The number of para-hydroxylation sites is 1. The standard InChI is InChI=1S/C23H31N5O/c1-16(2)26-20-10-7-12-24-22(20)25-13-11-18(15-29)23(3,4)28-21-14-17-8-5-6-9-19(17)27-21/h5-10,12,14-16,18,26-28H,11,13H2,1-4H3,(H,24,25). The van der Waals surface area contributed by atoms with Crippen molar-refractivity contribution in [3.8, 4) is 0 Å². The quantitative estimate of drug-likeness (QED) is 0.369. The number of hydrogen-bond donors (Lipinski definition) is 4. The van der Waals surface area contributed by atoms with E-state index in [1.807, 2.05) is 30.3 Å². The van der Waals surface area contributed by atoms with Crippen molar-refractivity contribution in [2.24, 2.45) is 5.92 Å². The van der Waals surface area contributed by atoms with E-state index >= 15 is 0 Å². The fraction of sp³-hybridized carbons (Fsp3) is 0.391. The molecule has 3 aromatic rings. The van der Waals surface area contributed by atoms with Gasteiger partial charge in [0.2, 0.25) is 0 Å². The molecule has 0 fully saturated rings. The van der Waals surface area contributed by atoms with Crippen molar-refractivity contribution in [2.45, 2.75) is 45.7 Å². The van der Waals surface area contributed by atoms with Gasteiger partial charge in [0.05, 0.1) is 5.69 Å². The van der Waals surface area contributed by atoms with Crippen LogP contribution in [0.1, 0.15) is 34.1 Å². The number of carbonyl (C=O) groups excluding carboxylic acids is 1. The first-order valence-corrected chi connectivity index (χ1v) is 10.2. The van der Waals surface area contributed by atoms with Crippen LogP contribution in [-0.4, -0.2) is 34.4 Å². The molecule has 6 nitrogen and oxygen atoms in total. The second kappa shape index (κ2) is 8.99. The third-order valence-corrected chi connectivity index (χ3v) is 5.08. The lowest BCUT2D eigenvalue weighted by Crippen LogP contribution is -2.41. The van der Waals surface area contributed by atoms with Crippen LogP contribution >= 0.6 is 0 Å². The zero-order valence-corrected chi connectivity index (χ0v) is 17.6. The molecule has 0 aliphatic carbocycles. The summed E-state index contributed by atoms with van der Waals surface area (Å²) in [5.74, 6) is 1.57. The monoisotopic (exact) mass is 393 g/mol. The normalized spacial score (nSPS) is 12.7. The van der Waals surface area contributed by atoms with Crippen molar-refractivity contribution >= 4 is 34.5 Å². The Morgan fingerprint density at radius 2 is 1.97 bits per heavy atom. The van der Waals surface area contributed by atoms with Crippen molar-refractivity contribution in [2.75, 3.05) is 22.5 Å². The first kappa shape index (κ1) is 20.7. The lowest BCUT2D eigenvalue weighted by atomic mass is 9.86. The zero-order valence-electron chi connectivity index (χ0n) is 17.6. The van der Waals surface area contributed by atoms with Crippen LogP contribution in [0.3, 0.4) is 0 Å². The van der Waals surface area contributed by atoms with Crippen LogP contribution in [0.2, 0.25) is 0 Å². The molecule has 0 bridgehead atoms. The molecule has 0 aliphatic heterocycles. The Bertz CT molecular complexity index is 914. The summed E-state index contributed by atoms with van der Waals surface area (Å²) in [6.45, 7) is 8.97. The highest BCUT2D eigenvalue weighted by atomic mass is 16.1. The Morgan fingerprint density at radius 3 is 2.69 bits per heavy atom. The number of anilines is 3. The van der Waals surface area contributed by atoms with Gasteiger partial charge < -0.3 is 25.7 Å². The first-order valence-electron chi connectivity index (χ1n) is 10.2. The third-order valence-electron chi connectivity index (χ3n) is 5.08. The second-order valence-corrected chi connectivity index (χ2v) is 8.27. The van der Waals surface area contributed by atoms with Crippen LogP contribution in [0.5, 0.6) is 0 Å². The van der Waals surface area contributed by atoms with E-state index in [-0.39, 0.29) is 5.92 Å². The maximum absolute atomic E-state index is 11.9. The Balaban J connectivity index is 1.62. The van der Waals surface area contributed by atoms with Crippen molar-refractivity contribution in [1.29, 1.82) is 0 Å². The lowest BCUT2D eigenvalue weighted by Gasteiger charge is -2.32. The number of aromatic nitrogens is 2. The lowest BCUT2D eigenvalue weighted by molar-refractivity contribution is -0.112. The van der Waals surface area contributed by atoms with Crippen LogP contribution in [-0.2, 0) is 4.79 Å². The van der Waals surface area contributed by atoms with Gasteiger partial charge in [-0.25, -0.2) is 4.98 Å². The molecule has 1 unspecified atom stereocenters. The molecule has 2 aromatic heterocycles. The molecular weight excluding hydrogens is 362 g/mol. The van der Waals surface area contributed by atoms with E-state index in [9.17, 15) is 4.79 Å².